The summed E-state index contributed by atoms with van der Waals surface area (Å²) in [7, 11) is 0. The number of nitrogen functional groups attached to an aromatic ring is 1. The van der Waals surface area contributed by atoms with Crippen LogP contribution in [0.15, 0.2) is 0 Å². The maximum Gasteiger partial charge on any atom is 0.359 e. The molecule has 1 aliphatic carbocycles. The summed E-state index contributed by atoms with van der Waals surface area (Å²) in [5, 5.41) is 2.34. The van der Waals surface area contributed by atoms with Crippen molar-refractivity contribution in [3.63, 3.8) is 0 Å². The Morgan fingerprint density at radius 3 is 2.52 bits per heavy atom. The van der Waals surface area contributed by atoms with Gasteiger partial charge in [-0.3, -0.25) is 4.79 Å². The molecule has 6 nitrogen and oxygen atoms in total. The fourth-order valence-corrected chi connectivity index (χ4v) is 2.07. The molecule has 1 amide bonds. The molecule has 0 aromatic carbocycles. The summed E-state index contributed by atoms with van der Waals surface area (Å²) in [5.41, 5.74) is 5.26. The molecular formula is C12H12Cl3N3O3. The number of pyridine rings is 1. The zero-order valence-electron chi connectivity index (χ0n) is 11.0. The van der Waals surface area contributed by atoms with Crippen LogP contribution in [-0.2, 0) is 9.53 Å². The number of nitrogens with one attached hydrogen (secondary N) is 1. The van der Waals surface area contributed by atoms with Crippen LogP contribution in [0.1, 0.15) is 30.3 Å². The van der Waals surface area contributed by atoms with Gasteiger partial charge in [0.2, 0.25) is 0 Å². The smallest absolute Gasteiger partial charge is 0.359 e. The maximum absolute atomic E-state index is 12.0. The normalized spacial score (nSPS) is 15.4. The number of nitrogens with two attached hydrogens (primary N) is 1. The lowest BCUT2D eigenvalue weighted by molar-refractivity contribution is -0.129. The van der Waals surface area contributed by atoms with Crippen LogP contribution in [0, 0.1) is 0 Å². The highest BCUT2D eigenvalue weighted by Crippen LogP contribution is 2.34. The Morgan fingerprint density at radius 2 is 1.95 bits per heavy atom. The average Bonchev–Trinajstić information content (AvgIpc) is 3.24. The minimum atomic E-state index is -0.980. The van der Waals surface area contributed by atoms with Gasteiger partial charge < -0.3 is 15.8 Å². The van der Waals surface area contributed by atoms with Gasteiger partial charge in [0.15, 0.2) is 17.0 Å². The van der Waals surface area contributed by atoms with E-state index in [9.17, 15) is 9.59 Å². The number of aromatic nitrogens is 1. The Bertz CT molecular complexity index is 605. The molecule has 0 spiro atoms. The number of amides is 1. The second-order valence-corrected chi connectivity index (χ2v) is 5.74. The molecule has 114 valence electrons. The van der Waals surface area contributed by atoms with Gasteiger partial charge in [0.25, 0.3) is 5.91 Å². The van der Waals surface area contributed by atoms with Crippen molar-refractivity contribution in [2.75, 3.05) is 5.73 Å². The van der Waals surface area contributed by atoms with E-state index in [1.54, 1.807) is 0 Å². The molecular weight excluding hydrogens is 341 g/mol. The third-order valence-electron chi connectivity index (χ3n) is 2.84. The van der Waals surface area contributed by atoms with E-state index in [0.717, 1.165) is 12.8 Å². The lowest BCUT2D eigenvalue weighted by Crippen LogP contribution is -2.37. The first-order valence-electron chi connectivity index (χ1n) is 6.12. The molecule has 1 saturated carbocycles. The minimum absolute atomic E-state index is 0.0438. The van der Waals surface area contributed by atoms with Crippen molar-refractivity contribution in [3.8, 4) is 0 Å². The number of hydrogen-bond acceptors (Lipinski definition) is 5. The van der Waals surface area contributed by atoms with Crippen LogP contribution in [0.4, 0.5) is 5.69 Å². The van der Waals surface area contributed by atoms with Gasteiger partial charge in [-0.05, 0) is 19.8 Å². The van der Waals surface area contributed by atoms with E-state index in [-0.39, 0.29) is 38.5 Å². The first kappa shape index (κ1) is 16.1. The van der Waals surface area contributed by atoms with E-state index >= 15 is 0 Å². The van der Waals surface area contributed by atoms with Crippen LogP contribution >= 0.6 is 34.8 Å². The summed E-state index contributed by atoms with van der Waals surface area (Å²) < 4.78 is 5.00. The Morgan fingerprint density at radius 1 is 1.33 bits per heavy atom. The number of nitrogens with zero attached hydrogens (tertiary/aromatic N) is 1. The molecule has 1 aliphatic rings. The Hall–Kier alpha value is -1.24. The molecule has 1 atom stereocenters. The number of ether oxygens (including phenoxy) is 1. The maximum atomic E-state index is 12.0. The molecule has 2 rings (SSSR count). The summed E-state index contributed by atoms with van der Waals surface area (Å²) >= 11 is 17.4. The first-order chi connectivity index (χ1) is 9.81. The first-order valence-corrected chi connectivity index (χ1v) is 7.26. The van der Waals surface area contributed by atoms with Gasteiger partial charge in [0, 0.05) is 6.04 Å². The Labute approximate surface area is 135 Å². The van der Waals surface area contributed by atoms with E-state index in [2.05, 4.69) is 10.3 Å². The van der Waals surface area contributed by atoms with Crippen LogP contribution in [0.5, 0.6) is 0 Å². The number of anilines is 1. The summed E-state index contributed by atoms with van der Waals surface area (Å²) in [6.07, 6.45) is 0.887. The van der Waals surface area contributed by atoms with Crippen molar-refractivity contribution in [2.24, 2.45) is 0 Å². The molecule has 1 fully saturated rings. The van der Waals surface area contributed by atoms with Crippen LogP contribution in [0.25, 0.3) is 0 Å². The lowest BCUT2D eigenvalue weighted by Gasteiger charge is -2.14. The van der Waals surface area contributed by atoms with Crippen molar-refractivity contribution >= 4 is 52.4 Å². The Kier molecular flexibility index (Phi) is 4.81. The molecule has 1 heterocycles. The highest BCUT2D eigenvalue weighted by molar-refractivity contribution is 6.46. The van der Waals surface area contributed by atoms with Crippen molar-refractivity contribution in [1.82, 2.24) is 10.3 Å². The summed E-state index contributed by atoms with van der Waals surface area (Å²) in [6, 6.07) is 0.168. The summed E-state index contributed by atoms with van der Waals surface area (Å²) in [6.45, 7) is 1.45. The molecule has 9 heteroatoms. The lowest BCUT2D eigenvalue weighted by atomic mass is 10.3. The van der Waals surface area contributed by atoms with Crippen molar-refractivity contribution in [1.29, 1.82) is 0 Å². The SMILES string of the molecule is C[C@H](OC(=O)c1nc(Cl)c(Cl)c(N)c1Cl)C(=O)NC1CC1. The van der Waals surface area contributed by atoms with Crippen LogP contribution < -0.4 is 11.1 Å². The van der Waals surface area contributed by atoms with E-state index in [1.165, 1.54) is 6.92 Å². The number of rotatable bonds is 4. The quantitative estimate of drug-likeness (QED) is 0.641. The van der Waals surface area contributed by atoms with Crippen molar-refractivity contribution in [3.05, 3.63) is 20.9 Å². The average molecular weight is 353 g/mol. The van der Waals surface area contributed by atoms with Gasteiger partial charge >= 0.3 is 5.97 Å². The van der Waals surface area contributed by atoms with Gasteiger partial charge in [-0.15, -0.1) is 0 Å². The van der Waals surface area contributed by atoms with Crippen LogP contribution in [0.2, 0.25) is 15.2 Å². The number of halogens is 3. The molecule has 0 saturated heterocycles. The molecule has 0 aliphatic heterocycles. The van der Waals surface area contributed by atoms with E-state index in [4.69, 9.17) is 45.3 Å². The molecule has 0 radical (unpaired) electrons. The van der Waals surface area contributed by atoms with Gasteiger partial charge in [-0.1, -0.05) is 34.8 Å². The highest BCUT2D eigenvalue weighted by atomic mass is 35.5. The zero-order valence-corrected chi connectivity index (χ0v) is 13.2. The van der Waals surface area contributed by atoms with Crippen LogP contribution in [-0.4, -0.2) is 29.0 Å². The fourth-order valence-electron chi connectivity index (χ4n) is 1.48. The predicted octanol–water partition coefficient (Wildman–Crippen LogP) is 2.45. The van der Waals surface area contributed by atoms with Gasteiger partial charge in [-0.25, -0.2) is 9.78 Å². The number of carbonyl (C=O) groups is 2. The third-order valence-corrected chi connectivity index (χ3v) is 3.98. The predicted molar refractivity (Wildman–Crippen MR) is 79.7 cm³/mol. The largest absolute Gasteiger partial charge is 0.448 e. The molecule has 21 heavy (non-hydrogen) atoms. The fraction of sp³-hybridized carbons (Fsp3) is 0.417. The number of esters is 1. The summed E-state index contributed by atoms with van der Waals surface area (Å²) in [4.78, 5) is 27.4. The van der Waals surface area contributed by atoms with E-state index in [0.29, 0.717) is 0 Å². The second-order valence-electron chi connectivity index (χ2n) is 4.62. The van der Waals surface area contributed by atoms with E-state index < -0.39 is 12.1 Å². The van der Waals surface area contributed by atoms with Crippen molar-refractivity contribution < 1.29 is 14.3 Å². The number of carbonyl (C=O) groups excluding carboxylic acids is 2. The molecule has 1 aromatic heterocycles. The highest BCUT2D eigenvalue weighted by Gasteiger charge is 2.29. The summed E-state index contributed by atoms with van der Waals surface area (Å²) in [5.74, 6) is -1.28. The van der Waals surface area contributed by atoms with Gasteiger partial charge in [0.05, 0.1) is 10.7 Å². The van der Waals surface area contributed by atoms with Crippen molar-refractivity contribution in [2.45, 2.75) is 31.9 Å². The minimum Gasteiger partial charge on any atom is -0.448 e. The number of hydrogen-bond donors (Lipinski definition) is 2. The van der Waals surface area contributed by atoms with Crippen LogP contribution in [0.3, 0.4) is 0 Å². The second kappa shape index (κ2) is 6.25. The zero-order chi connectivity index (χ0) is 15.7. The third kappa shape index (κ3) is 3.70. The topological polar surface area (TPSA) is 94.3 Å². The van der Waals surface area contributed by atoms with E-state index in [1.807, 2.05) is 0 Å². The molecule has 0 unspecified atom stereocenters. The standard InChI is InChI=1S/C12H12Cl3N3O3/c1-4(11(19)17-5-2-3-5)21-12(20)9-6(13)8(16)7(14)10(15)18-9/h4-5H,2-3H2,1H3,(H2,16,18)(H,17,19)/t4-/m0/s1. The van der Waals surface area contributed by atoms with Gasteiger partial charge in [0.1, 0.15) is 5.02 Å². The molecule has 1 aromatic rings. The Balaban J connectivity index is 2.11. The molecule has 3 N–H and O–H groups in total. The molecule has 0 bridgehead atoms. The van der Waals surface area contributed by atoms with Gasteiger partial charge in [-0.2, -0.15) is 0 Å². The monoisotopic (exact) mass is 351 g/mol.